The lowest BCUT2D eigenvalue weighted by Gasteiger charge is -2.30. The highest BCUT2D eigenvalue weighted by Crippen LogP contribution is 2.25. The Kier molecular flexibility index (Phi) is 3.74. The lowest BCUT2D eigenvalue weighted by molar-refractivity contribution is -0.143. The van der Waals surface area contributed by atoms with Crippen LogP contribution in [0.15, 0.2) is 28.4 Å². The van der Waals surface area contributed by atoms with Gasteiger partial charge in [0.1, 0.15) is 17.0 Å². The predicted molar refractivity (Wildman–Crippen MR) is 76.1 cm³/mol. The summed E-state index contributed by atoms with van der Waals surface area (Å²) in [4.78, 5) is 29.4. The number of aliphatic carboxylic acids is 1. The Morgan fingerprint density at radius 1 is 1.48 bits per heavy atom. The van der Waals surface area contributed by atoms with E-state index < -0.39 is 11.9 Å². The van der Waals surface area contributed by atoms with Crippen LogP contribution in [-0.2, 0) is 4.79 Å². The molecule has 0 radical (unpaired) electrons. The summed E-state index contributed by atoms with van der Waals surface area (Å²) in [5.74, 6) is -1.52. The standard InChI is InChI=1S/C14H14N2O4S/c17-13(16-4-1-2-9(6-16)14(18)19)11-8-21-12(15-11)10-3-5-20-7-10/h3,5,7-9H,1-2,4,6H2,(H,18,19). The molecule has 1 amide bonds. The van der Waals surface area contributed by atoms with Gasteiger partial charge in [0.25, 0.3) is 5.91 Å². The molecule has 0 aromatic carbocycles. The topological polar surface area (TPSA) is 83.6 Å². The number of nitrogens with zero attached hydrogens (tertiary/aromatic N) is 2. The van der Waals surface area contributed by atoms with E-state index in [1.54, 1.807) is 28.9 Å². The van der Waals surface area contributed by atoms with Crippen LogP contribution in [0.4, 0.5) is 0 Å². The zero-order valence-corrected chi connectivity index (χ0v) is 12.0. The van der Waals surface area contributed by atoms with Gasteiger partial charge in [-0.2, -0.15) is 0 Å². The molecule has 6 nitrogen and oxygen atoms in total. The Balaban J connectivity index is 1.74. The van der Waals surface area contributed by atoms with Gasteiger partial charge in [-0.3, -0.25) is 9.59 Å². The average Bonchev–Trinajstić information content (AvgIpc) is 3.17. The first-order chi connectivity index (χ1) is 10.1. The molecule has 1 atom stereocenters. The minimum atomic E-state index is -0.843. The number of amides is 1. The van der Waals surface area contributed by atoms with Gasteiger partial charge in [0.2, 0.25) is 0 Å². The summed E-state index contributed by atoms with van der Waals surface area (Å²) >= 11 is 1.37. The molecule has 21 heavy (non-hydrogen) atoms. The second kappa shape index (κ2) is 5.69. The first-order valence-corrected chi connectivity index (χ1v) is 7.53. The molecule has 7 heteroatoms. The number of aromatic nitrogens is 1. The van der Waals surface area contributed by atoms with E-state index in [4.69, 9.17) is 9.52 Å². The second-order valence-electron chi connectivity index (χ2n) is 4.98. The van der Waals surface area contributed by atoms with Crippen molar-refractivity contribution < 1.29 is 19.1 Å². The first-order valence-electron chi connectivity index (χ1n) is 6.65. The van der Waals surface area contributed by atoms with Crippen LogP contribution in [0.25, 0.3) is 10.6 Å². The molecule has 1 unspecified atom stereocenters. The van der Waals surface area contributed by atoms with Crippen LogP contribution in [0, 0.1) is 5.92 Å². The summed E-state index contributed by atoms with van der Waals surface area (Å²) in [6, 6.07) is 1.79. The molecule has 3 rings (SSSR count). The minimum Gasteiger partial charge on any atom is -0.481 e. The van der Waals surface area contributed by atoms with E-state index in [1.807, 2.05) is 0 Å². The van der Waals surface area contributed by atoms with E-state index in [0.717, 1.165) is 10.6 Å². The SMILES string of the molecule is O=C(O)C1CCCN(C(=O)c2csc(-c3ccoc3)n2)C1. The zero-order chi connectivity index (χ0) is 14.8. The van der Waals surface area contributed by atoms with E-state index in [2.05, 4.69) is 4.98 Å². The van der Waals surface area contributed by atoms with Crippen molar-refractivity contribution in [3.05, 3.63) is 29.7 Å². The lowest BCUT2D eigenvalue weighted by atomic mass is 9.98. The van der Waals surface area contributed by atoms with Crippen molar-refractivity contribution in [3.8, 4) is 10.6 Å². The van der Waals surface area contributed by atoms with Gasteiger partial charge in [0.15, 0.2) is 0 Å². The lowest BCUT2D eigenvalue weighted by Crippen LogP contribution is -2.42. The summed E-state index contributed by atoms with van der Waals surface area (Å²) < 4.78 is 5.00. The van der Waals surface area contributed by atoms with Crippen LogP contribution in [0.2, 0.25) is 0 Å². The van der Waals surface area contributed by atoms with E-state index >= 15 is 0 Å². The molecule has 0 aliphatic carbocycles. The molecule has 3 heterocycles. The smallest absolute Gasteiger partial charge is 0.308 e. The molecule has 1 N–H and O–H groups in total. The molecule has 1 fully saturated rings. The molecular formula is C14H14N2O4S. The highest BCUT2D eigenvalue weighted by Gasteiger charge is 2.29. The fraction of sp³-hybridized carbons (Fsp3) is 0.357. The van der Waals surface area contributed by atoms with Crippen LogP contribution >= 0.6 is 11.3 Å². The second-order valence-corrected chi connectivity index (χ2v) is 5.84. The molecule has 0 spiro atoms. The fourth-order valence-electron chi connectivity index (χ4n) is 2.42. The Morgan fingerprint density at radius 3 is 3.05 bits per heavy atom. The number of hydrogen-bond acceptors (Lipinski definition) is 5. The Hall–Kier alpha value is -2.15. The number of likely N-dealkylation sites (tertiary alicyclic amines) is 1. The van der Waals surface area contributed by atoms with Crippen molar-refractivity contribution in [2.75, 3.05) is 13.1 Å². The van der Waals surface area contributed by atoms with Gasteiger partial charge >= 0.3 is 5.97 Å². The van der Waals surface area contributed by atoms with E-state index in [0.29, 0.717) is 25.1 Å². The van der Waals surface area contributed by atoms with Crippen LogP contribution in [0.1, 0.15) is 23.3 Å². The number of carbonyl (C=O) groups excluding carboxylic acids is 1. The van der Waals surface area contributed by atoms with Crippen molar-refractivity contribution in [1.29, 1.82) is 0 Å². The van der Waals surface area contributed by atoms with Gasteiger partial charge in [-0.1, -0.05) is 0 Å². The molecule has 1 saturated heterocycles. The third-order valence-corrected chi connectivity index (χ3v) is 4.44. The zero-order valence-electron chi connectivity index (χ0n) is 11.2. The first kappa shape index (κ1) is 13.8. The van der Waals surface area contributed by atoms with Gasteiger partial charge in [-0.15, -0.1) is 11.3 Å². The van der Waals surface area contributed by atoms with Crippen LogP contribution < -0.4 is 0 Å². The highest BCUT2D eigenvalue weighted by atomic mass is 32.1. The number of furan rings is 1. The highest BCUT2D eigenvalue weighted by molar-refractivity contribution is 7.13. The quantitative estimate of drug-likeness (QED) is 0.941. The summed E-state index contributed by atoms with van der Waals surface area (Å²) in [5.41, 5.74) is 1.20. The maximum Gasteiger partial charge on any atom is 0.308 e. The van der Waals surface area contributed by atoms with Gasteiger partial charge in [0.05, 0.1) is 12.2 Å². The van der Waals surface area contributed by atoms with Gasteiger partial charge in [0, 0.05) is 24.0 Å². The molecule has 110 valence electrons. The number of piperidine rings is 1. The van der Waals surface area contributed by atoms with E-state index in [-0.39, 0.29) is 12.5 Å². The van der Waals surface area contributed by atoms with Gasteiger partial charge in [-0.05, 0) is 18.9 Å². The van der Waals surface area contributed by atoms with Crippen molar-refractivity contribution in [2.24, 2.45) is 5.92 Å². The number of rotatable bonds is 3. The number of hydrogen-bond donors (Lipinski definition) is 1. The summed E-state index contributed by atoms with van der Waals surface area (Å²) in [6.45, 7) is 0.841. The number of carboxylic acid groups (broad SMARTS) is 1. The van der Waals surface area contributed by atoms with Crippen LogP contribution in [-0.4, -0.2) is 40.0 Å². The third-order valence-electron chi connectivity index (χ3n) is 3.55. The normalized spacial score (nSPS) is 18.7. The van der Waals surface area contributed by atoms with Crippen LogP contribution in [0.5, 0.6) is 0 Å². The van der Waals surface area contributed by atoms with Crippen molar-refractivity contribution in [1.82, 2.24) is 9.88 Å². The fourth-order valence-corrected chi connectivity index (χ4v) is 3.20. The molecule has 0 bridgehead atoms. The summed E-state index contributed by atoms with van der Waals surface area (Å²) in [7, 11) is 0. The van der Waals surface area contributed by atoms with Gasteiger partial charge < -0.3 is 14.4 Å². The maximum atomic E-state index is 12.4. The van der Waals surface area contributed by atoms with Crippen molar-refractivity contribution in [3.63, 3.8) is 0 Å². The van der Waals surface area contributed by atoms with Crippen LogP contribution in [0.3, 0.4) is 0 Å². The third kappa shape index (κ3) is 2.82. The average molecular weight is 306 g/mol. The number of carbonyl (C=O) groups is 2. The van der Waals surface area contributed by atoms with Crippen molar-refractivity contribution >= 4 is 23.2 Å². The monoisotopic (exact) mass is 306 g/mol. The van der Waals surface area contributed by atoms with Crippen molar-refractivity contribution in [2.45, 2.75) is 12.8 Å². The van der Waals surface area contributed by atoms with E-state index in [1.165, 1.54) is 11.3 Å². The molecule has 2 aromatic rings. The molecular weight excluding hydrogens is 292 g/mol. The molecule has 2 aromatic heterocycles. The summed E-state index contributed by atoms with van der Waals surface area (Å²) in [5, 5.41) is 11.5. The minimum absolute atomic E-state index is 0.202. The Bertz CT molecular complexity index is 650. The maximum absolute atomic E-state index is 12.4. The molecule has 1 aliphatic rings. The largest absolute Gasteiger partial charge is 0.481 e. The number of thiazole rings is 1. The predicted octanol–water partition coefficient (Wildman–Crippen LogP) is 2.34. The Morgan fingerprint density at radius 2 is 2.33 bits per heavy atom. The molecule has 1 aliphatic heterocycles. The van der Waals surface area contributed by atoms with Gasteiger partial charge in [-0.25, -0.2) is 4.98 Å². The van der Waals surface area contributed by atoms with E-state index in [9.17, 15) is 9.59 Å². The Labute approximate surface area is 125 Å². The number of carboxylic acids is 1. The molecule has 0 saturated carbocycles. The summed E-state index contributed by atoms with van der Waals surface area (Å²) in [6.07, 6.45) is 4.46.